The number of hydrogen-bond acceptors (Lipinski definition) is 4. The predicted octanol–water partition coefficient (Wildman–Crippen LogP) is 1.27. The lowest BCUT2D eigenvalue weighted by Crippen LogP contribution is -2.53. The number of β-amino-alcohol motifs (C(OH)–C–C–N with tert-alkyl or cyclic N) is 1. The van der Waals surface area contributed by atoms with Crippen LogP contribution in [0.15, 0.2) is 12.2 Å². The monoisotopic (exact) mass is 319 g/mol. The van der Waals surface area contributed by atoms with E-state index >= 15 is 0 Å². The van der Waals surface area contributed by atoms with E-state index in [1.807, 2.05) is 0 Å². The molecule has 0 spiro atoms. The van der Waals surface area contributed by atoms with Gasteiger partial charge in [-0.3, -0.25) is 9.80 Å². The normalized spacial score (nSPS) is 37.0. The molecule has 2 aliphatic carbocycles. The van der Waals surface area contributed by atoms with Gasteiger partial charge in [0.1, 0.15) is 0 Å². The quantitative estimate of drug-likeness (QED) is 0.773. The van der Waals surface area contributed by atoms with E-state index in [1.54, 1.807) is 0 Å². The molecule has 2 saturated heterocycles. The Morgan fingerprint density at radius 2 is 1.65 bits per heavy atom. The summed E-state index contributed by atoms with van der Waals surface area (Å²) in [5, 5.41) is 9.05. The molecule has 1 saturated carbocycles. The molecular formula is C19H33N3O. The van der Waals surface area contributed by atoms with E-state index in [1.165, 1.54) is 58.4 Å². The van der Waals surface area contributed by atoms with Crippen LogP contribution in [-0.4, -0.2) is 84.8 Å². The molecule has 4 aliphatic rings. The molecule has 23 heavy (non-hydrogen) atoms. The van der Waals surface area contributed by atoms with Crippen LogP contribution in [0.25, 0.3) is 0 Å². The maximum atomic E-state index is 9.05. The summed E-state index contributed by atoms with van der Waals surface area (Å²) in [5.74, 6) is 2.76. The highest BCUT2D eigenvalue weighted by molar-refractivity contribution is 5.10. The lowest BCUT2D eigenvalue weighted by Gasteiger charge is -2.43. The Balaban J connectivity index is 1.19. The topological polar surface area (TPSA) is 30.0 Å². The molecule has 1 N–H and O–H groups in total. The van der Waals surface area contributed by atoms with Gasteiger partial charge in [-0.15, -0.1) is 0 Å². The number of fused-ring (bicyclic) bond motifs is 2. The molecular weight excluding hydrogens is 286 g/mol. The standard InChI is InChI=1S/C19H33N3O/c23-12-11-20-7-9-22(10-8-20)19-3-5-21(6-4-19)15-18-14-16-1-2-17(18)13-16/h1-2,16-19,23H,3-15H2/t16-,17+,18+/m0/s1. The molecule has 3 fully saturated rings. The van der Waals surface area contributed by atoms with Crippen molar-refractivity contribution in [2.75, 3.05) is 59.0 Å². The van der Waals surface area contributed by atoms with Crippen LogP contribution in [0.3, 0.4) is 0 Å². The van der Waals surface area contributed by atoms with Gasteiger partial charge in [0.15, 0.2) is 0 Å². The van der Waals surface area contributed by atoms with E-state index in [9.17, 15) is 0 Å². The fourth-order valence-corrected chi connectivity index (χ4v) is 5.40. The molecule has 2 aliphatic heterocycles. The fraction of sp³-hybridized carbons (Fsp3) is 0.895. The fourth-order valence-electron chi connectivity index (χ4n) is 5.40. The van der Waals surface area contributed by atoms with E-state index in [0.717, 1.165) is 43.4 Å². The first-order chi connectivity index (χ1) is 11.3. The molecule has 2 bridgehead atoms. The zero-order valence-corrected chi connectivity index (χ0v) is 14.4. The molecule has 4 nitrogen and oxygen atoms in total. The largest absolute Gasteiger partial charge is 0.395 e. The first-order valence-electron chi connectivity index (χ1n) is 9.80. The van der Waals surface area contributed by atoms with Crippen molar-refractivity contribution < 1.29 is 5.11 Å². The molecule has 0 aromatic carbocycles. The maximum Gasteiger partial charge on any atom is 0.0558 e. The highest BCUT2D eigenvalue weighted by Crippen LogP contribution is 2.43. The van der Waals surface area contributed by atoms with Crippen LogP contribution in [0, 0.1) is 17.8 Å². The third-order valence-electron chi connectivity index (χ3n) is 6.81. The van der Waals surface area contributed by atoms with Crippen LogP contribution in [0.5, 0.6) is 0 Å². The van der Waals surface area contributed by atoms with E-state index < -0.39 is 0 Å². The predicted molar refractivity (Wildman–Crippen MR) is 93.4 cm³/mol. The van der Waals surface area contributed by atoms with Crippen molar-refractivity contribution in [3.8, 4) is 0 Å². The number of hydrogen-bond donors (Lipinski definition) is 1. The van der Waals surface area contributed by atoms with Crippen LogP contribution in [0.2, 0.25) is 0 Å². The summed E-state index contributed by atoms with van der Waals surface area (Å²) in [6, 6.07) is 0.808. The first kappa shape index (κ1) is 16.1. The van der Waals surface area contributed by atoms with Crippen LogP contribution in [0.1, 0.15) is 25.7 Å². The van der Waals surface area contributed by atoms with Crippen LogP contribution in [-0.2, 0) is 0 Å². The molecule has 4 heteroatoms. The van der Waals surface area contributed by atoms with Gasteiger partial charge < -0.3 is 10.0 Å². The number of allylic oxidation sites excluding steroid dienone is 2. The average molecular weight is 319 g/mol. The first-order valence-corrected chi connectivity index (χ1v) is 9.80. The van der Waals surface area contributed by atoms with Gasteiger partial charge in [0.2, 0.25) is 0 Å². The van der Waals surface area contributed by atoms with Crippen molar-refractivity contribution in [2.24, 2.45) is 17.8 Å². The van der Waals surface area contributed by atoms with E-state index in [4.69, 9.17) is 5.11 Å². The lowest BCUT2D eigenvalue weighted by atomic mass is 9.92. The summed E-state index contributed by atoms with van der Waals surface area (Å²) in [4.78, 5) is 7.86. The smallest absolute Gasteiger partial charge is 0.0558 e. The molecule has 0 unspecified atom stereocenters. The SMILES string of the molecule is OCCN1CCN(C2CCN(C[C@H]3C[C@H]4C=C[C@@H]3C4)CC2)CC1. The van der Waals surface area contributed by atoms with Gasteiger partial charge in [-0.05, 0) is 56.5 Å². The van der Waals surface area contributed by atoms with Gasteiger partial charge in [0, 0.05) is 45.3 Å². The van der Waals surface area contributed by atoms with Crippen LogP contribution < -0.4 is 0 Å². The molecule has 2 heterocycles. The Hall–Kier alpha value is -0.420. The zero-order chi connectivity index (χ0) is 15.6. The van der Waals surface area contributed by atoms with Crippen LogP contribution >= 0.6 is 0 Å². The summed E-state index contributed by atoms with van der Waals surface area (Å²) in [5.41, 5.74) is 0. The molecule has 4 rings (SSSR count). The number of piperidine rings is 1. The van der Waals surface area contributed by atoms with Crippen molar-refractivity contribution in [1.29, 1.82) is 0 Å². The Morgan fingerprint density at radius 3 is 2.26 bits per heavy atom. The van der Waals surface area contributed by atoms with Crippen LogP contribution in [0.4, 0.5) is 0 Å². The number of aliphatic hydroxyl groups is 1. The second-order valence-electron chi connectivity index (χ2n) is 8.17. The molecule has 0 aromatic heterocycles. The minimum absolute atomic E-state index is 0.302. The van der Waals surface area contributed by atoms with Gasteiger partial charge >= 0.3 is 0 Å². The Bertz CT molecular complexity index is 411. The molecule has 0 radical (unpaired) electrons. The second-order valence-corrected chi connectivity index (χ2v) is 8.17. The Kier molecular flexibility index (Phi) is 5.04. The highest BCUT2D eigenvalue weighted by atomic mass is 16.3. The lowest BCUT2D eigenvalue weighted by molar-refractivity contribution is 0.0490. The second kappa shape index (κ2) is 7.22. The van der Waals surface area contributed by atoms with Crippen molar-refractivity contribution in [2.45, 2.75) is 31.7 Å². The number of aliphatic hydroxyl groups excluding tert-OH is 1. The number of rotatable bonds is 5. The van der Waals surface area contributed by atoms with Crippen molar-refractivity contribution in [3.05, 3.63) is 12.2 Å². The van der Waals surface area contributed by atoms with Gasteiger partial charge in [0.05, 0.1) is 6.61 Å². The number of piperazine rings is 1. The van der Waals surface area contributed by atoms with Crippen molar-refractivity contribution in [3.63, 3.8) is 0 Å². The van der Waals surface area contributed by atoms with Gasteiger partial charge in [-0.2, -0.15) is 0 Å². The third kappa shape index (κ3) is 3.65. The van der Waals surface area contributed by atoms with Gasteiger partial charge in [-0.1, -0.05) is 12.2 Å². The number of nitrogens with zero attached hydrogens (tertiary/aromatic N) is 3. The Labute approximate surface area is 141 Å². The van der Waals surface area contributed by atoms with E-state index in [0.29, 0.717) is 6.61 Å². The molecule has 3 atom stereocenters. The minimum atomic E-state index is 0.302. The summed E-state index contributed by atoms with van der Waals surface area (Å²) in [6.07, 6.45) is 10.6. The number of likely N-dealkylation sites (tertiary alicyclic amines) is 1. The zero-order valence-electron chi connectivity index (χ0n) is 14.4. The highest BCUT2D eigenvalue weighted by Gasteiger charge is 2.37. The summed E-state index contributed by atoms with van der Waals surface area (Å²) in [6.45, 7) is 9.78. The third-order valence-corrected chi connectivity index (χ3v) is 6.81. The average Bonchev–Trinajstić information content (AvgIpc) is 3.20. The van der Waals surface area contributed by atoms with Crippen molar-refractivity contribution >= 4 is 0 Å². The Morgan fingerprint density at radius 1 is 0.870 bits per heavy atom. The maximum absolute atomic E-state index is 9.05. The molecule has 0 aromatic rings. The molecule has 130 valence electrons. The van der Waals surface area contributed by atoms with Gasteiger partial charge in [-0.25, -0.2) is 0 Å². The minimum Gasteiger partial charge on any atom is -0.395 e. The summed E-state index contributed by atoms with van der Waals surface area (Å²) >= 11 is 0. The molecule has 0 amide bonds. The van der Waals surface area contributed by atoms with Gasteiger partial charge in [0.25, 0.3) is 0 Å². The van der Waals surface area contributed by atoms with E-state index in [2.05, 4.69) is 26.9 Å². The summed E-state index contributed by atoms with van der Waals surface area (Å²) < 4.78 is 0. The van der Waals surface area contributed by atoms with E-state index in [-0.39, 0.29) is 0 Å². The summed E-state index contributed by atoms with van der Waals surface area (Å²) in [7, 11) is 0. The van der Waals surface area contributed by atoms with Crippen molar-refractivity contribution in [1.82, 2.24) is 14.7 Å².